The minimum atomic E-state index is -1.20. The van der Waals surface area contributed by atoms with Crippen LogP contribution < -0.4 is 5.43 Å². The van der Waals surface area contributed by atoms with Gasteiger partial charge in [-0.3, -0.25) is 5.43 Å². The van der Waals surface area contributed by atoms with Gasteiger partial charge in [-0.25, -0.2) is 0 Å². The van der Waals surface area contributed by atoms with Crippen LogP contribution in [0.1, 0.15) is 12.0 Å². The molecule has 1 aromatic rings. The monoisotopic (exact) mass is 308 g/mol. The van der Waals surface area contributed by atoms with Crippen LogP contribution in [0.3, 0.4) is 0 Å². The van der Waals surface area contributed by atoms with Gasteiger partial charge in [-0.2, -0.15) is 5.10 Å². The summed E-state index contributed by atoms with van der Waals surface area (Å²) in [5, 5.41) is 12.3. The second-order valence-electron chi connectivity index (χ2n) is 3.98. The topological polar surface area (TPSA) is 44.6 Å². The molecule has 0 aromatic heterocycles. The lowest BCUT2D eigenvalue weighted by atomic mass is 10.2. The van der Waals surface area contributed by atoms with E-state index in [1.165, 1.54) is 11.8 Å². The van der Waals surface area contributed by atoms with Gasteiger partial charge >= 0.3 is 0 Å². The van der Waals surface area contributed by atoms with Gasteiger partial charge in [0, 0.05) is 6.42 Å². The Morgan fingerprint density at radius 3 is 2.56 bits per heavy atom. The summed E-state index contributed by atoms with van der Waals surface area (Å²) in [5.41, 5.74) is 4.82. The molecule has 2 N–H and O–H groups in total. The summed E-state index contributed by atoms with van der Waals surface area (Å²) in [6.07, 6.45) is 1.58. The van der Waals surface area contributed by atoms with Crippen LogP contribution in [0.4, 0.5) is 5.69 Å². The van der Waals surface area contributed by atoms with Gasteiger partial charge < -0.3 is 5.11 Å². The molecular formula is C12H15Cl3N2O. The number of aliphatic hydroxyl groups excluding tert-OH is 1. The molecule has 0 heterocycles. The highest BCUT2D eigenvalue weighted by atomic mass is 35.5. The number of rotatable bonds is 6. The maximum atomic E-state index is 8.82. The summed E-state index contributed by atoms with van der Waals surface area (Å²) in [6, 6.07) is 7.73. The molecule has 0 amide bonds. The maximum absolute atomic E-state index is 8.82. The largest absolute Gasteiger partial charge is 0.395 e. The molecule has 0 aliphatic heterocycles. The Labute approximate surface area is 122 Å². The summed E-state index contributed by atoms with van der Waals surface area (Å²) >= 11 is 17.7. The van der Waals surface area contributed by atoms with Crippen LogP contribution in [-0.2, 0) is 0 Å². The Morgan fingerprint density at radius 2 is 2.00 bits per heavy atom. The van der Waals surface area contributed by atoms with E-state index < -0.39 is 9.71 Å². The zero-order valence-electron chi connectivity index (χ0n) is 9.91. The fourth-order valence-electron chi connectivity index (χ4n) is 1.24. The minimum absolute atomic E-state index is 0.179. The number of nitrogens with one attached hydrogen (secondary N) is 1. The third-order valence-electron chi connectivity index (χ3n) is 2.19. The normalized spacial score (nSPS) is 13.8. The SMILES string of the molecule is Cc1ccc(N/N=C/C(Cl)(Cl)CC(Cl)CO)cc1. The average Bonchev–Trinajstić information content (AvgIpc) is 2.31. The first-order chi connectivity index (χ1) is 8.43. The summed E-state index contributed by atoms with van der Waals surface area (Å²) in [6.45, 7) is 1.83. The molecular weight excluding hydrogens is 295 g/mol. The molecule has 0 fully saturated rings. The lowest BCUT2D eigenvalue weighted by Crippen LogP contribution is -2.22. The van der Waals surface area contributed by atoms with Crippen LogP contribution in [0.25, 0.3) is 0 Å². The van der Waals surface area contributed by atoms with Crippen molar-refractivity contribution < 1.29 is 5.11 Å². The van der Waals surface area contributed by atoms with Crippen molar-refractivity contribution in [3.05, 3.63) is 29.8 Å². The molecule has 1 aromatic carbocycles. The molecule has 0 aliphatic carbocycles. The molecule has 3 nitrogen and oxygen atoms in total. The zero-order valence-corrected chi connectivity index (χ0v) is 12.2. The Balaban J connectivity index is 2.51. The van der Waals surface area contributed by atoms with Gasteiger partial charge in [0.2, 0.25) is 0 Å². The standard InChI is InChI=1S/C12H15Cl3N2O/c1-9-2-4-11(5-3-9)17-16-8-12(14,15)6-10(13)7-18/h2-5,8,10,17-18H,6-7H2,1H3/b16-8+. The van der Waals surface area contributed by atoms with Crippen molar-refractivity contribution in [2.24, 2.45) is 5.10 Å². The van der Waals surface area contributed by atoms with E-state index >= 15 is 0 Å². The van der Waals surface area contributed by atoms with Crippen LogP contribution in [0.15, 0.2) is 29.4 Å². The predicted octanol–water partition coefficient (Wildman–Crippen LogP) is 3.56. The first-order valence-electron chi connectivity index (χ1n) is 5.42. The average molecular weight is 310 g/mol. The highest BCUT2D eigenvalue weighted by molar-refractivity contribution is 6.56. The van der Waals surface area contributed by atoms with Crippen LogP contribution >= 0.6 is 34.8 Å². The number of benzene rings is 1. The molecule has 1 atom stereocenters. The highest BCUT2D eigenvalue weighted by Crippen LogP contribution is 2.26. The molecule has 0 radical (unpaired) electrons. The van der Waals surface area contributed by atoms with Crippen molar-refractivity contribution in [3.63, 3.8) is 0 Å². The van der Waals surface area contributed by atoms with Gasteiger partial charge in [0.05, 0.1) is 23.9 Å². The first kappa shape index (κ1) is 15.6. The zero-order chi connectivity index (χ0) is 13.6. The van der Waals surface area contributed by atoms with Crippen LogP contribution in [0, 0.1) is 6.92 Å². The number of hydrazone groups is 1. The third-order valence-corrected chi connectivity index (χ3v) is 2.99. The molecule has 1 unspecified atom stereocenters. The van der Waals surface area contributed by atoms with E-state index in [1.54, 1.807) is 0 Å². The summed E-state index contributed by atoms with van der Waals surface area (Å²) in [5.74, 6) is 0. The van der Waals surface area contributed by atoms with Crippen molar-refractivity contribution in [2.45, 2.75) is 23.1 Å². The van der Waals surface area contributed by atoms with Gasteiger partial charge in [-0.1, -0.05) is 40.9 Å². The molecule has 0 aliphatic rings. The molecule has 0 saturated heterocycles. The summed E-state index contributed by atoms with van der Waals surface area (Å²) < 4.78 is -1.20. The Hall–Kier alpha value is -0.480. The number of aryl methyl sites for hydroxylation is 1. The van der Waals surface area contributed by atoms with E-state index in [-0.39, 0.29) is 13.0 Å². The molecule has 6 heteroatoms. The van der Waals surface area contributed by atoms with Crippen LogP contribution in [0.5, 0.6) is 0 Å². The fraction of sp³-hybridized carbons (Fsp3) is 0.417. The number of aliphatic hydroxyl groups is 1. The third kappa shape index (κ3) is 5.91. The lowest BCUT2D eigenvalue weighted by Gasteiger charge is -2.16. The number of halogens is 3. The van der Waals surface area contributed by atoms with E-state index in [0.717, 1.165) is 5.69 Å². The molecule has 100 valence electrons. The van der Waals surface area contributed by atoms with Gasteiger partial charge in [-0.15, -0.1) is 11.6 Å². The van der Waals surface area contributed by atoms with Crippen molar-refractivity contribution in [3.8, 4) is 0 Å². The molecule has 0 bridgehead atoms. The van der Waals surface area contributed by atoms with E-state index in [0.29, 0.717) is 0 Å². The van der Waals surface area contributed by atoms with Crippen molar-refractivity contribution in [2.75, 3.05) is 12.0 Å². The van der Waals surface area contributed by atoms with Crippen LogP contribution in [-0.4, -0.2) is 27.6 Å². The number of alkyl halides is 3. The Morgan fingerprint density at radius 1 is 1.39 bits per heavy atom. The van der Waals surface area contributed by atoms with Crippen molar-refractivity contribution >= 4 is 46.7 Å². The molecule has 18 heavy (non-hydrogen) atoms. The quantitative estimate of drug-likeness (QED) is 0.479. The second-order valence-corrected chi connectivity index (χ2v) is 6.14. The van der Waals surface area contributed by atoms with E-state index in [9.17, 15) is 0 Å². The molecule has 0 spiro atoms. The Bertz CT molecular complexity index is 393. The van der Waals surface area contributed by atoms with Crippen LogP contribution in [0.2, 0.25) is 0 Å². The highest BCUT2D eigenvalue weighted by Gasteiger charge is 2.25. The second kappa shape index (κ2) is 7.19. The maximum Gasteiger partial charge on any atom is 0.156 e. The van der Waals surface area contributed by atoms with Crippen molar-refractivity contribution in [1.29, 1.82) is 0 Å². The number of hydrogen-bond acceptors (Lipinski definition) is 3. The van der Waals surface area contributed by atoms with Gasteiger partial charge in [-0.05, 0) is 19.1 Å². The lowest BCUT2D eigenvalue weighted by molar-refractivity contribution is 0.288. The smallest absolute Gasteiger partial charge is 0.156 e. The van der Waals surface area contributed by atoms with E-state index in [1.807, 2.05) is 31.2 Å². The van der Waals surface area contributed by atoms with Gasteiger partial charge in [0.15, 0.2) is 4.33 Å². The fourth-order valence-corrected chi connectivity index (χ4v) is 2.11. The molecule has 0 saturated carbocycles. The predicted molar refractivity (Wildman–Crippen MR) is 79.1 cm³/mol. The number of hydrogen-bond donors (Lipinski definition) is 2. The number of anilines is 1. The minimum Gasteiger partial charge on any atom is -0.395 e. The number of nitrogens with zero attached hydrogens (tertiary/aromatic N) is 1. The molecule has 1 rings (SSSR count). The van der Waals surface area contributed by atoms with Crippen molar-refractivity contribution in [1.82, 2.24) is 0 Å². The van der Waals surface area contributed by atoms with E-state index in [4.69, 9.17) is 39.9 Å². The van der Waals surface area contributed by atoms with E-state index in [2.05, 4.69) is 10.5 Å². The summed E-state index contributed by atoms with van der Waals surface area (Å²) in [4.78, 5) is 0. The summed E-state index contributed by atoms with van der Waals surface area (Å²) in [7, 11) is 0. The van der Waals surface area contributed by atoms with Gasteiger partial charge in [0.1, 0.15) is 0 Å². The van der Waals surface area contributed by atoms with Gasteiger partial charge in [0.25, 0.3) is 0 Å². The first-order valence-corrected chi connectivity index (χ1v) is 6.62. The Kier molecular flexibility index (Phi) is 6.22.